The Balaban J connectivity index is 2.07. The molecular formula is C13H11BrFNS. The number of hydrogen-bond acceptors (Lipinski definition) is 2. The lowest BCUT2D eigenvalue weighted by molar-refractivity contribution is 0.626. The Bertz CT molecular complexity index is 531. The molecule has 0 saturated carbocycles. The zero-order valence-corrected chi connectivity index (χ0v) is 11.4. The number of benzene rings is 2. The van der Waals surface area contributed by atoms with Gasteiger partial charge in [0.05, 0.1) is 0 Å². The van der Waals surface area contributed by atoms with Gasteiger partial charge in [0, 0.05) is 20.8 Å². The third-order valence-electron chi connectivity index (χ3n) is 2.24. The van der Waals surface area contributed by atoms with Crippen molar-refractivity contribution in [2.45, 2.75) is 10.6 Å². The summed E-state index contributed by atoms with van der Waals surface area (Å²) in [6, 6.07) is 12.3. The fourth-order valence-electron chi connectivity index (χ4n) is 1.42. The predicted octanol–water partition coefficient (Wildman–Crippen LogP) is 4.46. The summed E-state index contributed by atoms with van der Waals surface area (Å²) in [6.07, 6.45) is 0. The smallest absolute Gasteiger partial charge is 0.123 e. The molecule has 0 aliphatic heterocycles. The van der Waals surface area contributed by atoms with Crippen molar-refractivity contribution in [3.8, 4) is 0 Å². The maximum absolute atomic E-state index is 13.0. The van der Waals surface area contributed by atoms with E-state index in [0.717, 1.165) is 26.4 Å². The molecule has 17 heavy (non-hydrogen) atoms. The molecule has 0 bridgehead atoms. The van der Waals surface area contributed by atoms with Crippen molar-refractivity contribution in [1.82, 2.24) is 0 Å². The van der Waals surface area contributed by atoms with E-state index in [1.165, 1.54) is 6.07 Å². The number of rotatable bonds is 3. The molecule has 0 spiro atoms. The summed E-state index contributed by atoms with van der Waals surface area (Å²) < 4.78 is 14.0. The molecule has 2 aromatic carbocycles. The second kappa shape index (κ2) is 5.56. The zero-order valence-electron chi connectivity index (χ0n) is 8.99. The Morgan fingerprint density at radius 2 is 2.00 bits per heavy atom. The Morgan fingerprint density at radius 3 is 2.71 bits per heavy atom. The minimum Gasteiger partial charge on any atom is -0.399 e. The maximum atomic E-state index is 13.0. The molecule has 2 rings (SSSR count). The summed E-state index contributed by atoms with van der Waals surface area (Å²) in [5.74, 6) is 0.541. The van der Waals surface area contributed by atoms with E-state index in [9.17, 15) is 4.39 Å². The fourth-order valence-corrected chi connectivity index (χ4v) is 3.02. The third kappa shape index (κ3) is 3.48. The first-order valence-electron chi connectivity index (χ1n) is 5.07. The van der Waals surface area contributed by atoms with E-state index in [2.05, 4.69) is 15.9 Å². The van der Waals surface area contributed by atoms with Crippen LogP contribution in [-0.4, -0.2) is 0 Å². The van der Waals surface area contributed by atoms with Gasteiger partial charge in [-0.25, -0.2) is 4.39 Å². The highest BCUT2D eigenvalue weighted by Gasteiger charge is 2.02. The van der Waals surface area contributed by atoms with Crippen LogP contribution >= 0.6 is 27.7 Å². The highest BCUT2D eigenvalue weighted by molar-refractivity contribution is 9.10. The summed E-state index contributed by atoms with van der Waals surface area (Å²) in [6.45, 7) is 0. The van der Waals surface area contributed by atoms with Crippen LogP contribution in [0.4, 0.5) is 10.1 Å². The molecule has 2 N–H and O–H groups in total. The van der Waals surface area contributed by atoms with Crippen molar-refractivity contribution in [3.63, 3.8) is 0 Å². The van der Waals surface area contributed by atoms with E-state index < -0.39 is 0 Å². The van der Waals surface area contributed by atoms with Gasteiger partial charge in [0.25, 0.3) is 0 Å². The molecule has 0 unspecified atom stereocenters. The van der Waals surface area contributed by atoms with E-state index in [0.29, 0.717) is 0 Å². The first kappa shape index (κ1) is 12.5. The van der Waals surface area contributed by atoms with Crippen molar-refractivity contribution in [1.29, 1.82) is 0 Å². The monoisotopic (exact) mass is 311 g/mol. The normalized spacial score (nSPS) is 10.5. The number of nitrogen functional groups attached to an aromatic ring is 1. The molecule has 0 amide bonds. The minimum absolute atomic E-state index is 0.195. The molecule has 0 fully saturated rings. The van der Waals surface area contributed by atoms with Gasteiger partial charge in [0.1, 0.15) is 5.82 Å². The zero-order chi connectivity index (χ0) is 12.3. The predicted molar refractivity (Wildman–Crippen MR) is 74.5 cm³/mol. The van der Waals surface area contributed by atoms with Gasteiger partial charge in [-0.05, 0) is 51.8 Å². The van der Waals surface area contributed by atoms with E-state index in [1.807, 2.05) is 24.3 Å². The Labute approximate surface area is 112 Å². The quantitative estimate of drug-likeness (QED) is 0.669. The van der Waals surface area contributed by atoms with Gasteiger partial charge in [-0.15, -0.1) is 11.8 Å². The molecule has 0 atom stereocenters. The molecule has 0 saturated heterocycles. The molecule has 0 aliphatic carbocycles. The van der Waals surface area contributed by atoms with Crippen LogP contribution in [0.25, 0.3) is 0 Å². The second-order valence-corrected chi connectivity index (χ2v) is 5.48. The number of halogens is 2. The summed E-state index contributed by atoms with van der Waals surface area (Å²) in [4.78, 5) is 1.10. The van der Waals surface area contributed by atoms with Crippen molar-refractivity contribution in [3.05, 3.63) is 58.3 Å². The van der Waals surface area contributed by atoms with E-state index in [4.69, 9.17) is 5.73 Å². The van der Waals surface area contributed by atoms with Gasteiger partial charge < -0.3 is 5.73 Å². The Morgan fingerprint density at radius 1 is 1.18 bits per heavy atom. The Hall–Kier alpha value is -1.00. The van der Waals surface area contributed by atoms with Crippen LogP contribution in [0.15, 0.2) is 51.8 Å². The summed E-state index contributed by atoms with van der Waals surface area (Å²) in [7, 11) is 0. The molecular weight excluding hydrogens is 301 g/mol. The van der Waals surface area contributed by atoms with Crippen molar-refractivity contribution in [2.24, 2.45) is 0 Å². The highest BCUT2D eigenvalue weighted by atomic mass is 79.9. The molecule has 1 nitrogen and oxygen atoms in total. The van der Waals surface area contributed by atoms with Crippen LogP contribution < -0.4 is 5.73 Å². The first-order valence-corrected chi connectivity index (χ1v) is 6.85. The molecule has 4 heteroatoms. The van der Waals surface area contributed by atoms with Gasteiger partial charge in [0.15, 0.2) is 0 Å². The van der Waals surface area contributed by atoms with Crippen LogP contribution in [0.2, 0.25) is 0 Å². The molecule has 0 aromatic heterocycles. The average Bonchev–Trinajstić information content (AvgIpc) is 2.28. The number of anilines is 1. The second-order valence-electron chi connectivity index (χ2n) is 3.61. The first-order chi connectivity index (χ1) is 8.15. The van der Waals surface area contributed by atoms with Gasteiger partial charge in [-0.2, -0.15) is 0 Å². The van der Waals surface area contributed by atoms with Gasteiger partial charge in [0.2, 0.25) is 0 Å². The molecule has 88 valence electrons. The average molecular weight is 312 g/mol. The number of thioether (sulfide) groups is 1. The van der Waals surface area contributed by atoms with E-state index in [1.54, 1.807) is 23.9 Å². The SMILES string of the molecule is Nc1ccc(SCc2cccc(F)c2)c(Br)c1. The maximum Gasteiger partial charge on any atom is 0.123 e. The lowest BCUT2D eigenvalue weighted by atomic mass is 10.2. The van der Waals surface area contributed by atoms with Crippen molar-refractivity contribution < 1.29 is 4.39 Å². The van der Waals surface area contributed by atoms with Crippen molar-refractivity contribution >= 4 is 33.4 Å². The molecule has 0 radical (unpaired) electrons. The van der Waals surface area contributed by atoms with Crippen LogP contribution in [0.5, 0.6) is 0 Å². The molecule has 2 aromatic rings. The van der Waals surface area contributed by atoms with Crippen LogP contribution in [0.1, 0.15) is 5.56 Å². The molecule has 0 heterocycles. The standard InChI is InChI=1S/C13H11BrFNS/c14-12-7-11(16)4-5-13(12)17-8-9-2-1-3-10(15)6-9/h1-7H,8,16H2. The largest absolute Gasteiger partial charge is 0.399 e. The summed E-state index contributed by atoms with van der Waals surface area (Å²) >= 11 is 5.11. The lowest BCUT2D eigenvalue weighted by Crippen LogP contribution is -1.86. The summed E-state index contributed by atoms with van der Waals surface area (Å²) in [5.41, 5.74) is 7.37. The van der Waals surface area contributed by atoms with Crippen molar-refractivity contribution in [2.75, 3.05) is 5.73 Å². The number of nitrogens with two attached hydrogens (primary N) is 1. The van der Waals surface area contributed by atoms with Crippen LogP contribution in [-0.2, 0) is 5.75 Å². The van der Waals surface area contributed by atoms with Crippen LogP contribution in [0, 0.1) is 5.82 Å². The minimum atomic E-state index is -0.195. The third-order valence-corrected chi connectivity index (χ3v) is 4.30. The van der Waals surface area contributed by atoms with E-state index >= 15 is 0 Å². The van der Waals surface area contributed by atoms with Crippen LogP contribution in [0.3, 0.4) is 0 Å². The van der Waals surface area contributed by atoms with Gasteiger partial charge in [-0.1, -0.05) is 12.1 Å². The van der Waals surface area contributed by atoms with Gasteiger partial charge in [-0.3, -0.25) is 0 Å². The number of hydrogen-bond donors (Lipinski definition) is 1. The highest BCUT2D eigenvalue weighted by Crippen LogP contribution is 2.31. The van der Waals surface area contributed by atoms with Gasteiger partial charge >= 0.3 is 0 Å². The Kier molecular flexibility index (Phi) is 4.07. The molecule has 0 aliphatic rings. The fraction of sp³-hybridized carbons (Fsp3) is 0.0769. The lowest BCUT2D eigenvalue weighted by Gasteiger charge is -2.05. The topological polar surface area (TPSA) is 26.0 Å². The summed E-state index contributed by atoms with van der Waals surface area (Å²) in [5, 5.41) is 0. The van der Waals surface area contributed by atoms with E-state index in [-0.39, 0.29) is 5.82 Å².